The summed E-state index contributed by atoms with van der Waals surface area (Å²) in [7, 11) is 0. The quantitative estimate of drug-likeness (QED) is 0.863. The van der Waals surface area contributed by atoms with Crippen LogP contribution in [0.1, 0.15) is 11.1 Å². The van der Waals surface area contributed by atoms with E-state index in [2.05, 4.69) is 16.3 Å². The fourth-order valence-electron chi connectivity index (χ4n) is 2.84. The number of piperazine rings is 1. The molecule has 1 heterocycles. The average Bonchev–Trinajstić information content (AvgIpc) is 2.63. The van der Waals surface area contributed by atoms with E-state index in [0.29, 0.717) is 24.7 Å². The van der Waals surface area contributed by atoms with E-state index in [0.717, 1.165) is 34.9 Å². The molecule has 1 N–H and O–H groups in total. The minimum Gasteiger partial charge on any atom is -0.368 e. The number of anilines is 1. The third-order valence-corrected chi connectivity index (χ3v) is 5.10. The average molecular weight is 378 g/mol. The fraction of sp³-hybridized carbons (Fsp3) is 0.316. The minimum atomic E-state index is -0.0310. The minimum absolute atomic E-state index is 0.0310. The van der Waals surface area contributed by atoms with Crippen molar-refractivity contribution >= 4 is 34.9 Å². The maximum atomic E-state index is 12.3. The van der Waals surface area contributed by atoms with Gasteiger partial charge in [-0.1, -0.05) is 41.4 Å². The molecular formula is C19H21Cl2N3O. The summed E-state index contributed by atoms with van der Waals surface area (Å²) in [4.78, 5) is 16.4. The Hall–Kier alpha value is -1.91. The Bertz CT molecular complexity index is 741. The number of urea groups is 1. The van der Waals surface area contributed by atoms with Crippen LogP contribution < -0.4 is 10.2 Å². The molecule has 0 atom stereocenters. The van der Waals surface area contributed by atoms with Gasteiger partial charge < -0.3 is 15.1 Å². The molecule has 1 saturated heterocycles. The first-order valence-corrected chi connectivity index (χ1v) is 9.07. The van der Waals surface area contributed by atoms with E-state index < -0.39 is 0 Å². The predicted octanol–water partition coefficient (Wildman–Crippen LogP) is 4.33. The number of nitrogens with one attached hydrogen (secondary N) is 1. The van der Waals surface area contributed by atoms with Crippen LogP contribution in [0.15, 0.2) is 42.5 Å². The molecule has 0 radical (unpaired) electrons. The summed E-state index contributed by atoms with van der Waals surface area (Å²) in [6.07, 6.45) is 0. The van der Waals surface area contributed by atoms with Crippen LogP contribution in [0.25, 0.3) is 0 Å². The Morgan fingerprint density at radius 2 is 1.72 bits per heavy atom. The number of hydrogen-bond donors (Lipinski definition) is 1. The molecule has 25 heavy (non-hydrogen) atoms. The standard InChI is InChI=1S/C19H21Cl2N3O/c1-14-2-7-17(12-18(14)21)23-8-10-24(11-9-23)19(25)22-13-15-3-5-16(20)6-4-15/h2-7,12H,8-11,13H2,1H3,(H,22,25). The van der Waals surface area contributed by atoms with Crippen molar-refractivity contribution in [1.82, 2.24) is 10.2 Å². The molecular weight excluding hydrogens is 357 g/mol. The van der Waals surface area contributed by atoms with E-state index in [9.17, 15) is 4.79 Å². The summed E-state index contributed by atoms with van der Waals surface area (Å²) in [6, 6.07) is 13.6. The molecule has 2 aromatic carbocycles. The second kappa shape index (κ2) is 7.98. The molecule has 1 fully saturated rings. The lowest BCUT2D eigenvalue weighted by Gasteiger charge is -2.36. The molecule has 0 unspecified atom stereocenters. The van der Waals surface area contributed by atoms with E-state index >= 15 is 0 Å². The zero-order chi connectivity index (χ0) is 17.8. The van der Waals surface area contributed by atoms with Gasteiger partial charge in [-0.3, -0.25) is 0 Å². The van der Waals surface area contributed by atoms with Crippen LogP contribution in [0.3, 0.4) is 0 Å². The Labute approximate surface area is 158 Å². The van der Waals surface area contributed by atoms with Crippen molar-refractivity contribution < 1.29 is 4.79 Å². The first kappa shape index (κ1) is 17.9. The van der Waals surface area contributed by atoms with E-state index in [4.69, 9.17) is 23.2 Å². The van der Waals surface area contributed by atoms with Crippen LogP contribution in [0, 0.1) is 6.92 Å². The molecule has 0 aromatic heterocycles. The van der Waals surface area contributed by atoms with Gasteiger partial charge in [0, 0.05) is 48.5 Å². The van der Waals surface area contributed by atoms with Gasteiger partial charge in [0.1, 0.15) is 0 Å². The molecule has 3 rings (SSSR count). The normalized spacial score (nSPS) is 14.5. The van der Waals surface area contributed by atoms with Crippen molar-refractivity contribution in [2.75, 3.05) is 31.1 Å². The Balaban J connectivity index is 1.50. The van der Waals surface area contributed by atoms with Gasteiger partial charge in [-0.05, 0) is 42.3 Å². The van der Waals surface area contributed by atoms with Crippen LogP contribution >= 0.6 is 23.2 Å². The Kier molecular flexibility index (Phi) is 5.71. The van der Waals surface area contributed by atoms with Crippen molar-refractivity contribution in [3.63, 3.8) is 0 Å². The van der Waals surface area contributed by atoms with Crippen molar-refractivity contribution in [3.05, 3.63) is 63.6 Å². The second-order valence-corrected chi connectivity index (χ2v) is 7.04. The molecule has 0 spiro atoms. The molecule has 0 bridgehead atoms. The highest BCUT2D eigenvalue weighted by Crippen LogP contribution is 2.24. The molecule has 6 heteroatoms. The molecule has 132 valence electrons. The zero-order valence-electron chi connectivity index (χ0n) is 14.1. The summed E-state index contributed by atoms with van der Waals surface area (Å²) >= 11 is 12.1. The van der Waals surface area contributed by atoms with Crippen molar-refractivity contribution in [3.8, 4) is 0 Å². The van der Waals surface area contributed by atoms with E-state index in [-0.39, 0.29) is 6.03 Å². The summed E-state index contributed by atoms with van der Waals surface area (Å²) in [5.41, 5.74) is 3.22. The topological polar surface area (TPSA) is 35.6 Å². The zero-order valence-corrected chi connectivity index (χ0v) is 15.6. The summed E-state index contributed by atoms with van der Waals surface area (Å²) < 4.78 is 0. The van der Waals surface area contributed by atoms with Crippen LogP contribution in [0.5, 0.6) is 0 Å². The third-order valence-electron chi connectivity index (χ3n) is 4.44. The molecule has 4 nitrogen and oxygen atoms in total. The predicted molar refractivity (Wildman–Crippen MR) is 104 cm³/mol. The fourth-order valence-corrected chi connectivity index (χ4v) is 3.14. The number of aryl methyl sites for hydroxylation is 1. The summed E-state index contributed by atoms with van der Waals surface area (Å²) in [6.45, 7) is 5.48. The van der Waals surface area contributed by atoms with Crippen LogP contribution in [0.4, 0.5) is 10.5 Å². The number of amides is 2. The van der Waals surface area contributed by atoms with Crippen molar-refractivity contribution in [1.29, 1.82) is 0 Å². The van der Waals surface area contributed by atoms with Gasteiger partial charge in [0.15, 0.2) is 0 Å². The highest BCUT2D eigenvalue weighted by Gasteiger charge is 2.21. The smallest absolute Gasteiger partial charge is 0.317 e. The van der Waals surface area contributed by atoms with Gasteiger partial charge >= 0.3 is 6.03 Å². The Morgan fingerprint density at radius 3 is 2.36 bits per heavy atom. The molecule has 0 saturated carbocycles. The van der Waals surface area contributed by atoms with Gasteiger partial charge in [-0.15, -0.1) is 0 Å². The molecule has 1 aliphatic rings. The number of nitrogens with zero attached hydrogens (tertiary/aromatic N) is 2. The molecule has 2 amide bonds. The largest absolute Gasteiger partial charge is 0.368 e. The summed E-state index contributed by atoms with van der Waals surface area (Å²) in [5, 5.41) is 4.44. The number of carbonyl (C=O) groups excluding carboxylic acids is 1. The lowest BCUT2D eigenvalue weighted by molar-refractivity contribution is 0.194. The number of rotatable bonds is 3. The van der Waals surface area contributed by atoms with E-state index in [1.807, 2.05) is 48.2 Å². The first-order valence-electron chi connectivity index (χ1n) is 8.31. The Morgan fingerprint density at radius 1 is 1.04 bits per heavy atom. The number of hydrogen-bond acceptors (Lipinski definition) is 2. The first-order chi connectivity index (χ1) is 12.0. The van der Waals surface area contributed by atoms with E-state index in [1.54, 1.807) is 0 Å². The van der Waals surface area contributed by atoms with Crippen LogP contribution in [-0.4, -0.2) is 37.1 Å². The van der Waals surface area contributed by atoms with E-state index in [1.165, 1.54) is 0 Å². The lowest BCUT2D eigenvalue weighted by atomic mass is 10.2. The SMILES string of the molecule is Cc1ccc(N2CCN(C(=O)NCc3ccc(Cl)cc3)CC2)cc1Cl. The van der Waals surface area contributed by atoms with Crippen LogP contribution in [0.2, 0.25) is 10.0 Å². The monoisotopic (exact) mass is 377 g/mol. The van der Waals surface area contributed by atoms with Gasteiger partial charge in [-0.25, -0.2) is 4.79 Å². The van der Waals surface area contributed by atoms with Gasteiger partial charge in [-0.2, -0.15) is 0 Å². The van der Waals surface area contributed by atoms with Crippen molar-refractivity contribution in [2.24, 2.45) is 0 Å². The number of carbonyl (C=O) groups is 1. The third kappa shape index (κ3) is 4.59. The van der Waals surface area contributed by atoms with Crippen molar-refractivity contribution in [2.45, 2.75) is 13.5 Å². The maximum Gasteiger partial charge on any atom is 0.317 e. The van der Waals surface area contributed by atoms with Gasteiger partial charge in [0.05, 0.1) is 0 Å². The molecule has 0 aliphatic carbocycles. The number of benzene rings is 2. The molecule has 2 aromatic rings. The van der Waals surface area contributed by atoms with Crippen LogP contribution in [-0.2, 0) is 6.54 Å². The molecule has 1 aliphatic heterocycles. The van der Waals surface area contributed by atoms with Gasteiger partial charge in [0.25, 0.3) is 0 Å². The van der Waals surface area contributed by atoms with Gasteiger partial charge in [0.2, 0.25) is 0 Å². The number of halogens is 2. The maximum absolute atomic E-state index is 12.3. The lowest BCUT2D eigenvalue weighted by Crippen LogP contribution is -2.51. The highest BCUT2D eigenvalue weighted by atomic mass is 35.5. The second-order valence-electron chi connectivity index (χ2n) is 6.19. The summed E-state index contributed by atoms with van der Waals surface area (Å²) in [5.74, 6) is 0. The highest BCUT2D eigenvalue weighted by molar-refractivity contribution is 6.31.